The number of hydrogen-bond donors (Lipinski definition) is 2. The van der Waals surface area contributed by atoms with Gasteiger partial charge >= 0.3 is 6.03 Å². The average molecular weight is 442 g/mol. The summed E-state index contributed by atoms with van der Waals surface area (Å²) < 4.78 is 0. The Hall–Kier alpha value is -3.27. The number of imide groups is 1. The van der Waals surface area contributed by atoms with Crippen molar-refractivity contribution in [2.24, 2.45) is 0 Å². The fourth-order valence-electron chi connectivity index (χ4n) is 3.67. The predicted octanol–water partition coefficient (Wildman–Crippen LogP) is 1.79. The van der Waals surface area contributed by atoms with Crippen molar-refractivity contribution < 1.29 is 19.2 Å². The highest BCUT2D eigenvalue weighted by molar-refractivity contribution is 7.14. The van der Waals surface area contributed by atoms with Gasteiger partial charge in [-0.3, -0.25) is 24.7 Å². The normalized spacial score (nSPS) is 21.0. The number of hydrogen-bond acceptors (Lipinski definition) is 6. The predicted molar refractivity (Wildman–Crippen MR) is 114 cm³/mol. The summed E-state index contributed by atoms with van der Waals surface area (Å²) in [5, 5.41) is 5.69. The van der Waals surface area contributed by atoms with E-state index in [9.17, 15) is 19.2 Å². The summed E-state index contributed by atoms with van der Waals surface area (Å²) in [6, 6.07) is 9.02. The first kappa shape index (κ1) is 21.0. The van der Waals surface area contributed by atoms with Crippen molar-refractivity contribution in [2.75, 3.05) is 11.4 Å². The summed E-state index contributed by atoms with van der Waals surface area (Å²) >= 11 is 1.29. The van der Waals surface area contributed by atoms with Crippen LogP contribution >= 0.6 is 11.3 Å². The first-order valence-corrected chi connectivity index (χ1v) is 11.0. The molecule has 0 aliphatic carbocycles. The van der Waals surface area contributed by atoms with Crippen molar-refractivity contribution in [3.63, 3.8) is 0 Å². The van der Waals surface area contributed by atoms with E-state index < -0.39 is 23.4 Å². The molecule has 4 rings (SSSR count). The van der Waals surface area contributed by atoms with E-state index in [1.807, 2.05) is 30.3 Å². The van der Waals surface area contributed by atoms with Gasteiger partial charge < -0.3 is 5.32 Å². The molecule has 2 aliphatic heterocycles. The number of rotatable bonds is 7. The van der Waals surface area contributed by atoms with Crippen LogP contribution in [0.4, 0.5) is 9.93 Å². The first-order chi connectivity index (χ1) is 14.9. The molecule has 2 fully saturated rings. The molecule has 1 aromatic heterocycles. The molecule has 2 saturated heterocycles. The summed E-state index contributed by atoms with van der Waals surface area (Å²) in [5.41, 5.74) is 2.83. The number of nitrogens with zero attached hydrogens (tertiary/aromatic N) is 3. The molecule has 2 aliphatic rings. The largest absolute Gasteiger partial charge is 0.344 e. The maximum absolute atomic E-state index is 12.8. The lowest BCUT2D eigenvalue weighted by Gasteiger charge is -2.21. The molecule has 1 aromatic carbocycles. The second-order valence-electron chi connectivity index (χ2n) is 7.87. The molecule has 0 unspecified atom stereocenters. The minimum atomic E-state index is -1.09. The zero-order chi connectivity index (χ0) is 22.0. The van der Waals surface area contributed by atoms with Crippen LogP contribution in [0.15, 0.2) is 35.7 Å². The van der Waals surface area contributed by atoms with Crippen LogP contribution in [-0.2, 0) is 27.2 Å². The van der Waals surface area contributed by atoms with Crippen LogP contribution in [0.25, 0.3) is 0 Å². The number of hydrazine groups is 1. The molecule has 10 heteroatoms. The van der Waals surface area contributed by atoms with Gasteiger partial charge in [0.05, 0.1) is 12.1 Å². The van der Waals surface area contributed by atoms with Crippen LogP contribution in [0.3, 0.4) is 0 Å². The lowest BCUT2D eigenvalue weighted by molar-refractivity contribution is -0.138. The van der Waals surface area contributed by atoms with Crippen molar-refractivity contribution in [1.29, 1.82) is 0 Å². The number of carbonyl (C=O) groups is 4. The number of thiazole rings is 1. The number of aryl methyl sites for hydroxylation is 1. The Morgan fingerprint density at radius 2 is 2.03 bits per heavy atom. The van der Waals surface area contributed by atoms with Gasteiger partial charge in [0.2, 0.25) is 11.8 Å². The van der Waals surface area contributed by atoms with E-state index in [1.54, 1.807) is 17.2 Å². The third-order valence-corrected chi connectivity index (χ3v) is 6.35. The lowest BCUT2D eigenvalue weighted by Crippen LogP contribution is -2.49. The number of carbonyl (C=O) groups excluding carboxylic acids is 4. The summed E-state index contributed by atoms with van der Waals surface area (Å²) in [6.07, 6.45) is 2.22. The summed E-state index contributed by atoms with van der Waals surface area (Å²) in [5.74, 6) is -0.997. The Morgan fingerprint density at radius 1 is 1.26 bits per heavy atom. The molecule has 1 atom stereocenters. The molecular weight excluding hydrogens is 418 g/mol. The van der Waals surface area contributed by atoms with Gasteiger partial charge in [0.25, 0.3) is 5.91 Å². The second-order valence-corrected chi connectivity index (χ2v) is 8.71. The van der Waals surface area contributed by atoms with Crippen molar-refractivity contribution in [2.45, 2.75) is 44.6 Å². The highest BCUT2D eigenvalue weighted by atomic mass is 32.1. The second kappa shape index (κ2) is 8.46. The third kappa shape index (κ3) is 4.43. The summed E-state index contributed by atoms with van der Waals surface area (Å²) in [6.45, 7) is 2.28. The third-order valence-electron chi connectivity index (χ3n) is 5.44. The molecule has 5 amide bonds. The molecule has 0 spiro atoms. The van der Waals surface area contributed by atoms with Crippen LogP contribution in [0, 0.1) is 0 Å². The molecule has 0 saturated carbocycles. The fourth-order valence-corrected chi connectivity index (χ4v) is 4.54. The first-order valence-electron chi connectivity index (χ1n) is 10.1. The number of urea groups is 1. The molecule has 31 heavy (non-hydrogen) atoms. The molecule has 9 nitrogen and oxygen atoms in total. The van der Waals surface area contributed by atoms with Gasteiger partial charge in [-0.2, -0.15) is 5.01 Å². The molecule has 0 radical (unpaired) electrons. The van der Waals surface area contributed by atoms with Crippen LogP contribution in [0.5, 0.6) is 0 Å². The van der Waals surface area contributed by atoms with Gasteiger partial charge in [-0.05, 0) is 31.7 Å². The summed E-state index contributed by atoms with van der Waals surface area (Å²) in [4.78, 5) is 55.4. The van der Waals surface area contributed by atoms with Crippen LogP contribution in [0.2, 0.25) is 0 Å². The van der Waals surface area contributed by atoms with E-state index >= 15 is 0 Å². The highest BCUT2D eigenvalue weighted by Crippen LogP contribution is 2.26. The van der Waals surface area contributed by atoms with Crippen molar-refractivity contribution >= 4 is 40.2 Å². The molecular formula is C21H23N5O4S. The van der Waals surface area contributed by atoms with E-state index in [0.29, 0.717) is 36.6 Å². The fraction of sp³-hybridized carbons (Fsp3) is 0.381. The highest BCUT2D eigenvalue weighted by Gasteiger charge is 2.48. The minimum absolute atomic E-state index is 0.0273. The van der Waals surface area contributed by atoms with Gasteiger partial charge in [0.15, 0.2) is 5.13 Å². The Kier molecular flexibility index (Phi) is 5.73. The van der Waals surface area contributed by atoms with Gasteiger partial charge in [-0.25, -0.2) is 9.78 Å². The van der Waals surface area contributed by atoms with Crippen LogP contribution < -0.4 is 15.6 Å². The molecule has 2 aromatic rings. The van der Waals surface area contributed by atoms with E-state index in [4.69, 9.17) is 0 Å². The summed E-state index contributed by atoms with van der Waals surface area (Å²) in [7, 11) is 0. The molecule has 2 N–H and O–H groups in total. The van der Waals surface area contributed by atoms with E-state index in [1.165, 1.54) is 11.3 Å². The lowest BCUT2D eigenvalue weighted by atomic mass is 9.93. The van der Waals surface area contributed by atoms with Gasteiger partial charge in [-0.15, -0.1) is 11.3 Å². The van der Waals surface area contributed by atoms with Gasteiger partial charge in [0.1, 0.15) is 5.54 Å². The Balaban J connectivity index is 1.35. The maximum Gasteiger partial charge on any atom is 0.344 e. The zero-order valence-electron chi connectivity index (χ0n) is 17.1. The van der Waals surface area contributed by atoms with Crippen molar-refractivity contribution in [3.05, 3.63) is 47.0 Å². The van der Waals surface area contributed by atoms with Crippen molar-refractivity contribution in [1.82, 2.24) is 20.7 Å². The molecule has 162 valence electrons. The minimum Gasteiger partial charge on any atom is -0.322 e. The Labute approximate surface area is 183 Å². The van der Waals surface area contributed by atoms with Gasteiger partial charge in [0, 0.05) is 18.3 Å². The number of anilines is 1. The average Bonchev–Trinajstić information content (AvgIpc) is 3.43. The van der Waals surface area contributed by atoms with E-state index in [2.05, 4.69) is 15.7 Å². The number of benzene rings is 1. The topological polar surface area (TPSA) is 112 Å². The van der Waals surface area contributed by atoms with Crippen molar-refractivity contribution in [3.8, 4) is 0 Å². The molecule has 3 heterocycles. The van der Waals surface area contributed by atoms with Crippen LogP contribution in [-0.4, -0.2) is 45.8 Å². The Bertz CT molecular complexity index is 1020. The quantitative estimate of drug-likeness (QED) is 0.637. The smallest absolute Gasteiger partial charge is 0.322 e. The van der Waals surface area contributed by atoms with E-state index in [-0.39, 0.29) is 12.3 Å². The molecule has 0 bridgehead atoms. The number of nitrogens with one attached hydrogen (secondary N) is 2. The standard InChI is InChI=1S/C21H23N5O4S/c1-21(10-9-14-6-3-2-4-7-14)18(29)26(19(30)23-21)24-16(27)12-15-13-31-20(22-15)25-11-5-8-17(25)28/h2-4,6-7,13H,5,8-12H2,1H3,(H,23,30)(H,24,27)/t21-/m0/s1. The monoisotopic (exact) mass is 441 g/mol. The van der Waals surface area contributed by atoms with E-state index in [0.717, 1.165) is 17.0 Å². The Morgan fingerprint density at radius 3 is 2.74 bits per heavy atom. The van der Waals surface area contributed by atoms with Gasteiger partial charge in [-0.1, -0.05) is 30.3 Å². The number of aromatic nitrogens is 1. The number of amides is 5. The zero-order valence-corrected chi connectivity index (χ0v) is 17.9. The SMILES string of the molecule is C[C@@]1(CCc2ccccc2)NC(=O)N(NC(=O)Cc2csc(N3CCCC3=O)n2)C1=O. The van der Waals surface area contributed by atoms with Crippen LogP contribution in [0.1, 0.15) is 37.4 Å². The maximum atomic E-state index is 12.8.